The minimum absolute atomic E-state index is 0.108. The summed E-state index contributed by atoms with van der Waals surface area (Å²) in [7, 11) is 3.69. The van der Waals surface area contributed by atoms with Crippen molar-refractivity contribution in [2.45, 2.75) is 24.5 Å². The van der Waals surface area contributed by atoms with Crippen LogP contribution in [0.5, 0.6) is 0 Å². The molecule has 0 aliphatic heterocycles. The van der Waals surface area contributed by atoms with Gasteiger partial charge in [0.15, 0.2) is 0 Å². The molecule has 1 amide bonds. The van der Waals surface area contributed by atoms with Gasteiger partial charge in [0.2, 0.25) is 0 Å². The number of hydrogen-bond acceptors (Lipinski definition) is 6. The van der Waals surface area contributed by atoms with Crippen molar-refractivity contribution in [1.82, 2.24) is 20.2 Å². The normalized spacial score (nSPS) is 14.0. The number of likely N-dealkylation sites (N-methyl/N-ethyl adjacent to an activating group) is 1. The van der Waals surface area contributed by atoms with Crippen LogP contribution in [-0.4, -0.2) is 64.9 Å². The van der Waals surface area contributed by atoms with Crippen LogP contribution in [0.25, 0.3) is 0 Å². The highest BCUT2D eigenvalue weighted by molar-refractivity contribution is 7.98. The third-order valence-corrected chi connectivity index (χ3v) is 3.48. The van der Waals surface area contributed by atoms with Crippen LogP contribution < -0.4 is 11.0 Å². The van der Waals surface area contributed by atoms with Gasteiger partial charge in [-0.05, 0) is 34.2 Å². The SMILES string of the molecule is CSc1nc(=O)[nH]c(C)c1C(=O)NCC(C)(O)CN(C)C. The van der Waals surface area contributed by atoms with Crippen molar-refractivity contribution >= 4 is 17.7 Å². The molecular formula is C13H22N4O3S. The molecule has 0 fully saturated rings. The highest BCUT2D eigenvalue weighted by Crippen LogP contribution is 2.18. The second-order valence-corrected chi connectivity index (χ2v) is 6.26. The summed E-state index contributed by atoms with van der Waals surface area (Å²) in [4.78, 5) is 31.7. The van der Waals surface area contributed by atoms with Crippen LogP contribution >= 0.6 is 11.8 Å². The van der Waals surface area contributed by atoms with E-state index in [2.05, 4.69) is 15.3 Å². The molecule has 8 heteroatoms. The third kappa shape index (κ3) is 5.14. The maximum atomic E-state index is 12.3. The van der Waals surface area contributed by atoms with Gasteiger partial charge >= 0.3 is 5.69 Å². The van der Waals surface area contributed by atoms with Gasteiger partial charge in [-0.3, -0.25) is 4.79 Å². The van der Waals surface area contributed by atoms with Crippen molar-refractivity contribution in [2.75, 3.05) is 33.4 Å². The third-order valence-electron chi connectivity index (χ3n) is 2.79. The van der Waals surface area contributed by atoms with Gasteiger partial charge in [-0.1, -0.05) is 0 Å². The molecular weight excluding hydrogens is 292 g/mol. The lowest BCUT2D eigenvalue weighted by Gasteiger charge is -2.27. The highest BCUT2D eigenvalue weighted by atomic mass is 32.2. The smallest absolute Gasteiger partial charge is 0.346 e. The largest absolute Gasteiger partial charge is 0.387 e. The van der Waals surface area contributed by atoms with E-state index in [1.54, 1.807) is 20.1 Å². The number of amides is 1. The van der Waals surface area contributed by atoms with E-state index in [9.17, 15) is 14.7 Å². The molecule has 1 aromatic rings. The number of H-pyrrole nitrogens is 1. The fourth-order valence-corrected chi connectivity index (χ4v) is 2.69. The number of aliphatic hydroxyl groups is 1. The molecule has 1 aromatic heterocycles. The monoisotopic (exact) mass is 314 g/mol. The molecule has 1 atom stereocenters. The van der Waals surface area contributed by atoms with Gasteiger partial charge in [0.1, 0.15) is 5.03 Å². The highest BCUT2D eigenvalue weighted by Gasteiger charge is 2.24. The summed E-state index contributed by atoms with van der Waals surface area (Å²) < 4.78 is 0. The van der Waals surface area contributed by atoms with Crippen LogP contribution in [0.15, 0.2) is 9.82 Å². The molecule has 0 aliphatic rings. The number of aromatic amines is 1. The van der Waals surface area contributed by atoms with Gasteiger partial charge in [-0.15, -0.1) is 11.8 Å². The Bertz CT molecular complexity index is 569. The summed E-state index contributed by atoms with van der Waals surface area (Å²) in [5.74, 6) is -0.361. The van der Waals surface area contributed by atoms with E-state index in [0.717, 1.165) is 0 Å². The summed E-state index contributed by atoms with van der Waals surface area (Å²) in [6.07, 6.45) is 1.75. The van der Waals surface area contributed by atoms with Crippen molar-refractivity contribution in [2.24, 2.45) is 0 Å². The zero-order valence-corrected chi connectivity index (χ0v) is 13.8. The first-order valence-electron chi connectivity index (χ1n) is 6.46. The molecule has 0 saturated heterocycles. The van der Waals surface area contributed by atoms with E-state index >= 15 is 0 Å². The number of aromatic nitrogens is 2. The van der Waals surface area contributed by atoms with Crippen molar-refractivity contribution in [3.63, 3.8) is 0 Å². The van der Waals surface area contributed by atoms with Crippen molar-refractivity contribution in [3.8, 4) is 0 Å². The molecule has 1 rings (SSSR count). The zero-order valence-electron chi connectivity index (χ0n) is 13.0. The first-order chi connectivity index (χ1) is 9.66. The predicted octanol–water partition coefficient (Wildman–Crippen LogP) is -0.157. The van der Waals surface area contributed by atoms with E-state index in [1.165, 1.54) is 11.8 Å². The first-order valence-corrected chi connectivity index (χ1v) is 7.69. The van der Waals surface area contributed by atoms with Crippen LogP contribution in [0, 0.1) is 6.92 Å². The summed E-state index contributed by atoms with van der Waals surface area (Å²) in [6, 6.07) is 0. The molecule has 118 valence electrons. The standard InChI is InChI=1S/C13H22N4O3S/c1-8-9(11(21-5)16-12(19)15-8)10(18)14-6-13(2,20)7-17(3)4/h20H,6-7H2,1-5H3,(H,14,18)(H,15,16,19). The molecule has 7 nitrogen and oxygen atoms in total. The minimum Gasteiger partial charge on any atom is -0.387 e. The van der Waals surface area contributed by atoms with Crippen molar-refractivity contribution < 1.29 is 9.90 Å². The average molecular weight is 314 g/mol. The quantitative estimate of drug-likeness (QED) is 0.499. The molecule has 0 radical (unpaired) electrons. The van der Waals surface area contributed by atoms with E-state index in [-0.39, 0.29) is 12.5 Å². The molecule has 1 unspecified atom stereocenters. The second-order valence-electron chi connectivity index (χ2n) is 5.47. The van der Waals surface area contributed by atoms with Gasteiger partial charge < -0.3 is 20.3 Å². The number of hydrogen-bond donors (Lipinski definition) is 3. The number of carbonyl (C=O) groups excluding carboxylic acids is 1. The fourth-order valence-electron chi connectivity index (χ4n) is 2.07. The Morgan fingerprint density at radius 1 is 1.52 bits per heavy atom. The molecule has 0 aromatic carbocycles. The van der Waals surface area contributed by atoms with Crippen LogP contribution in [0.2, 0.25) is 0 Å². The molecule has 1 heterocycles. The molecule has 0 saturated carbocycles. The predicted molar refractivity (Wildman–Crippen MR) is 82.9 cm³/mol. The Balaban J connectivity index is 2.88. The molecule has 0 aliphatic carbocycles. The van der Waals surface area contributed by atoms with Crippen LogP contribution in [0.1, 0.15) is 23.0 Å². The molecule has 0 bridgehead atoms. The number of rotatable bonds is 6. The number of carbonyl (C=O) groups is 1. The van der Waals surface area contributed by atoms with E-state index in [1.807, 2.05) is 19.0 Å². The Morgan fingerprint density at radius 3 is 2.67 bits per heavy atom. The molecule has 0 spiro atoms. The maximum absolute atomic E-state index is 12.3. The van der Waals surface area contributed by atoms with Gasteiger partial charge in [0.25, 0.3) is 5.91 Å². The van der Waals surface area contributed by atoms with E-state index in [0.29, 0.717) is 22.8 Å². The lowest BCUT2D eigenvalue weighted by Crippen LogP contribution is -2.47. The van der Waals surface area contributed by atoms with Gasteiger partial charge in [-0.2, -0.15) is 4.98 Å². The number of nitrogens with one attached hydrogen (secondary N) is 2. The van der Waals surface area contributed by atoms with E-state index in [4.69, 9.17) is 0 Å². The van der Waals surface area contributed by atoms with E-state index < -0.39 is 11.3 Å². The van der Waals surface area contributed by atoms with Crippen LogP contribution in [-0.2, 0) is 0 Å². The Kier molecular flexibility index (Phi) is 5.94. The van der Waals surface area contributed by atoms with Crippen LogP contribution in [0.4, 0.5) is 0 Å². The van der Waals surface area contributed by atoms with Gasteiger partial charge in [0.05, 0.1) is 11.2 Å². The molecule has 21 heavy (non-hydrogen) atoms. The van der Waals surface area contributed by atoms with Crippen molar-refractivity contribution in [1.29, 1.82) is 0 Å². The van der Waals surface area contributed by atoms with Crippen molar-refractivity contribution in [3.05, 3.63) is 21.7 Å². The second kappa shape index (κ2) is 7.06. The lowest BCUT2D eigenvalue weighted by atomic mass is 10.1. The van der Waals surface area contributed by atoms with Gasteiger partial charge in [0, 0.05) is 18.8 Å². The first kappa shape index (κ1) is 17.7. The maximum Gasteiger partial charge on any atom is 0.346 e. The summed E-state index contributed by atoms with van der Waals surface area (Å²) in [5.41, 5.74) is -0.720. The number of thioether (sulfide) groups is 1. The Labute approximate surface area is 128 Å². The number of aryl methyl sites for hydroxylation is 1. The minimum atomic E-state index is -1.04. The van der Waals surface area contributed by atoms with Gasteiger partial charge in [-0.25, -0.2) is 4.79 Å². The Hall–Kier alpha value is -1.38. The zero-order chi connectivity index (χ0) is 16.2. The number of nitrogens with zero attached hydrogens (tertiary/aromatic N) is 2. The fraction of sp³-hybridized carbons (Fsp3) is 0.615. The summed E-state index contributed by atoms with van der Waals surface area (Å²) >= 11 is 1.23. The Morgan fingerprint density at radius 2 is 2.14 bits per heavy atom. The lowest BCUT2D eigenvalue weighted by molar-refractivity contribution is 0.0325. The summed E-state index contributed by atoms with van der Waals surface area (Å²) in [6.45, 7) is 3.83. The molecule has 3 N–H and O–H groups in total. The topological polar surface area (TPSA) is 98.3 Å². The average Bonchev–Trinajstić information content (AvgIpc) is 2.33. The summed E-state index contributed by atoms with van der Waals surface area (Å²) in [5, 5.41) is 13.3. The van der Waals surface area contributed by atoms with Crippen LogP contribution in [0.3, 0.4) is 0 Å².